The number of alkyl halides is 3. The van der Waals surface area contributed by atoms with E-state index in [0.29, 0.717) is 0 Å². The van der Waals surface area contributed by atoms with Gasteiger partial charge in [0.05, 0.1) is 14.9 Å². The summed E-state index contributed by atoms with van der Waals surface area (Å²) < 4.78 is 2.95. The molecule has 0 bridgehead atoms. The van der Waals surface area contributed by atoms with Crippen molar-refractivity contribution < 1.29 is 0 Å². The highest BCUT2D eigenvalue weighted by Crippen LogP contribution is 2.12. The molecule has 0 aliphatic carbocycles. The van der Waals surface area contributed by atoms with Crippen LogP contribution in [0.25, 0.3) is 0 Å². The van der Waals surface area contributed by atoms with E-state index in [1.54, 1.807) is 20.8 Å². The van der Waals surface area contributed by atoms with Gasteiger partial charge in [-0.05, 0) is 20.8 Å². The Kier molecular flexibility index (Phi) is 5.19. The fourth-order valence-corrected chi connectivity index (χ4v) is 2.56. The molecule has 102 valence electrons. The van der Waals surface area contributed by atoms with Crippen LogP contribution >= 0.6 is 47.8 Å². The molecule has 0 spiro atoms. The van der Waals surface area contributed by atoms with E-state index in [0.717, 1.165) is 13.7 Å². The Bertz CT molecular complexity index is 496. The Morgan fingerprint density at radius 2 is 0.833 bits per heavy atom. The molecule has 0 radical (unpaired) electrons. The Morgan fingerprint density at radius 3 is 0.944 bits per heavy atom. The maximum absolute atomic E-state index is 12.1. The summed E-state index contributed by atoms with van der Waals surface area (Å²) in [6.45, 7) is 4.92. The van der Waals surface area contributed by atoms with Gasteiger partial charge in [0.2, 0.25) is 0 Å². The molecule has 0 N–H and O–H groups in total. The molecule has 1 aromatic rings. The average molecular weight is 450 g/mol. The van der Waals surface area contributed by atoms with E-state index >= 15 is 0 Å². The third-order valence-corrected chi connectivity index (χ3v) is 3.53. The first kappa shape index (κ1) is 15.9. The Balaban J connectivity index is 3.96. The number of nitrogens with zero attached hydrogens (tertiary/aromatic N) is 3. The smallest absolute Gasteiger partial charge is 0.247 e. The number of rotatable bonds is 3. The summed E-state index contributed by atoms with van der Waals surface area (Å²) in [5.74, 6) is 0. The van der Waals surface area contributed by atoms with Crippen LogP contribution in [-0.4, -0.2) is 13.7 Å². The monoisotopic (exact) mass is 447 g/mol. The normalized spacial score (nSPS) is 16.3. The molecule has 0 aliphatic heterocycles. The van der Waals surface area contributed by atoms with Crippen molar-refractivity contribution in [3.63, 3.8) is 0 Å². The third-order valence-electron chi connectivity index (χ3n) is 2.30. The van der Waals surface area contributed by atoms with Gasteiger partial charge in [0.25, 0.3) is 0 Å². The van der Waals surface area contributed by atoms with Crippen molar-refractivity contribution in [2.75, 3.05) is 0 Å². The van der Waals surface area contributed by atoms with Gasteiger partial charge >= 0.3 is 17.1 Å². The minimum atomic E-state index is -0.650. The van der Waals surface area contributed by atoms with E-state index in [2.05, 4.69) is 47.8 Å². The molecule has 0 aromatic carbocycles. The van der Waals surface area contributed by atoms with Crippen LogP contribution in [0, 0.1) is 0 Å². The van der Waals surface area contributed by atoms with E-state index in [1.807, 2.05) is 0 Å². The lowest BCUT2D eigenvalue weighted by Gasteiger charge is -2.17. The lowest BCUT2D eigenvalue weighted by molar-refractivity contribution is 0.466. The van der Waals surface area contributed by atoms with Gasteiger partial charge in [-0.3, -0.25) is 0 Å². The molecule has 0 fully saturated rings. The minimum absolute atomic E-state index is 0.506. The van der Waals surface area contributed by atoms with Crippen molar-refractivity contribution >= 4 is 47.8 Å². The van der Waals surface area contributed by atoms with Crippen molar-refractivity contribution in [2.45, 2.75) is 35.6 Å². The van der Waals surface area contributed by atoms with Crippen LogP contribution in [-0.2, 0) is 0 Å². The Labute approximate surface area is 128 Å². The molecule has 6 nitrogen and oxygen atoms in total. The first-order valence-corrected chi connectivity index (χ1v) is 7.86. The quantitative estimate of drug-likeness (QED) is 0.662. The molecule has 1 heterocycles. The van der Waals surface area contributed by atoms with E-state index in [-0.39, 0.29) is 0 Å². The maximum atomic E-state index is 12.1. The lowest BCUT2D eigenvalue weighted by atomic mass is 10.6. The molecule has 3 atom stereocenters. The van der Waals surface area contributed by atoms with Gasteiger partial charge in [0.1, 0.15) is 0 Å². The molecule has 3 unspecified atom stereocenters. The molecular weight excluding hydrogens is 438 g/mol. The van der Waals surface area contributed by atoms with Gasteiger partial charge < -0.3 is 0 Å². The topological polar surface area (TPSA) is 66.0 Å². The highest BCUT2D eigenvalue weighted by Gasteiger charge is 2.21. The summed E-state index contributed by atoms with van der Waals surface area (Å²) in [5.41, 5.74) is -1.95. The highest BCUT2D eigenvalue weighted by molar-refractivity contribution is 9.09. The average Bonchev–Trinajstić information content (AvgIpc) is 2.14. The van der Waals surface area contributed by atoms with Crippen LogP contribution in [0.2, 0.25) is 0 Å². The highest BCUT2D eigenvalue weighted by atomic mass is 79.9. The molecular formula is C9H12Br3N3O3. The second kappa shape index (κ2) is 5.87. The fourth-order valence-electron chi connectivity index (χ4n) is 1.51. The zero-order chi connectivity index (χ0) is 14.2. The summed E-state index contributed by atoms with van der Waals surface area (Å²) >= 11 is 9.54. The first-order chi connectivity index (χ1) is 8.20. The van der Waals surface area contributed by atoms with Gasteiger partial charge in [-0.15, -0.1) is 0 Å². The van der Waals surface area contributed by atoms with Crippen LogP contribution in [0.15, 0.2) is 14.4 Å². The minimum Gasteiger partial charge on any atom is -0.247 e. The Morgan fingerprint density at radius 1 is 0.667 bits per heavy atom. The number of hydrogen-bond acceptors (Lipinski definition) is 3. The zero-order valence-corrected chi connectivity index (χ0v) is 14.7. The first-order valence-electron chi connectivity index (χ1n) is 5.12. The van der Waals surface area contributed by atoms with Gasteiger partial charge in [0.15, 0.2) is 0 Å². The largest absolute Gasteiger partial charge is 0.338 e. The van der Waals surface area contributed by atoms with E-state index in [9.17, 15) is 14.4 Å². The van der Waals surface area contributed by atoms with Gasteiger partial charge in [-0.2, -0.15) is 0 Å². The summed E-state index contributed by atoms with van der Waals surface area (Å²) in [4.78, 5) is 34.8. The number of hydrogen-bond donors (Lipinski definition) is 0. The number of halogens is 3. The molecule has 18 heavy (non-hydrogen) atoms. The fraction of sp³-hybridized carbons (Fsp3) is 0.667. The molecule has 1 aromatic heterocycles. The van der Waals surface area contributed by atoms with Crippen molar-refractivity contribution in [3.05, 3.63) is 31.5 Å². The van der Waals surface area contributed by atoms with Gasteiger partial charge in [-0.1, -0.05) is 47.8 Å². The van der Waals surface area contributed by atoms with Crippen molar-refractivity contribution in [3.8, 4) is 0 Å². The van der Waals surface area contributed by atoms with Crippen LogP contribution in [0.4, 0.5) is 0 Å². The van der Waals surface area contributed by atoms with E-state index in [1.165, 1.54) is 0 Å². The standard InChI is InChI=1S/C9H12Br3N3O3/c1-4(10)13-7(16)14(5(2)11)9(18)15(6(3)12)8(13)17/h4-6H,1-3H3. The summed E-state index contributed by atoms with van der Waals surface area (Å²) in [6, 6.07) is 0. The third kappa shape index (κ3) is 2.72. The Hall–Kier alpha value is -0.150. The van der Waals surface area contributed by atoms with Crippen molar-refractivity contribution in [2.24, 2.45) is 0 Å². The molecule has 0 saturated carbocycles. The summed E-state index contributed by atoms with van der Waals surface area (Å²) in [6.07, 6.45) is 0. The lowest BCUT2D eigenvalue weighted by Crippen LogP contribution is -2.55. The van der Waals surface area contributed by atoms with Crippen LogP contribution in [0.5, 0.6) is 0 Å². The number of aromatic nitrogens is 3. The van der Waals surface area contributed by atoms with Crippen LogP contribution < -0.4 is 17.1 Å². The van der Waals surface area contributed by atoms with Gasteiger partial charge in [-0.25, -0.2) is 28.1 Å². The molecule has 0 saturated heterocycles. The van der Waals surface area contributed by atoms with Crippen molar-refractivity contribution in [1.29, 1.82) is 0 Å². The zero-order valence-electron chi connectivity index (χ0n) is 9.93. The summed E-state index contributed by atoms with van der Waals surface area (Å²) in [5, 5.41) is 0. The predicted octanol–water partition coefficient (Wildman–Crippen LogP) is 1.91. The maximum Gasteiger partial charge on any atom is 0.338 e. The SMILES string of the molecule is CC(Br)n1c(=O)n(C(C)Br)c(=O)n(C(C)Br)c1=O. The second-order valence-corrected chi connectivity index (χ2v) is 7.66. The summed E-state index contributed by atoms with van der Waals surface area (Å²) in [7, 11) is 0. The molecule has 0 aliphatic rings. The van der Waals surface area contributed by atoms with Crippen LogP contribution in [0.3, 0.4) is 0 Å². The second-order valence-electron chi connectivity index (χ2n) is 3.68. The van der Waals surface area contributed by atoms with E-state index in [4.69, 9.17) is 0 Å². The van der Waals surface area contributed by atoms with Crippen LogP contribution in [0.1, 0.15) is 35.6 Å². The van der Waals surface area contributed by atoms with E-state index < -0.39 is 31.9 Å². The molecule has 1 rings (SSSR count). The van der Waals surface area contributed by atoms with Gasteiger partial charge in [0, 0.05) is 0 Å². The molecule has 0 amide bonds. The van der Waals surface area contributed by atoms with Crippen molar-refractivity contribution in [1.82, 2.24) is 13.7 Å². The molecule has 9 heteroatoms. The predicted molar refractivity (Wildman–Crippen MR) is 80.1 cm³/mol.